The first-order chi connectivity index (χ1) is 10.8. The molecule has 2 fully saturated rings. The van der Waals surface area contributed by atoms with E-state index in [0.29, 0.717) is 18.7 Å². The van der Waals surface area contributed by atoms with Crippen LogP contribution >= 0.6 is 11.6 Å². The van der Waals surface area contributed by atoms with Crippen LogP contribution in [0.3, 0.4) is 0 Å². The molecule has 2 heterocycles. The predicted octanol–water partition coefficient (Wildman–Crippen LogP) is -0.802. The Hall–Kier alpha value is -0.0300. The van der Waals surface area contributed by atoms with E-state index in [-0.39, 0.29) is 12.2 Å². The summed E-state index contributed by atoms with van der Waals surface area (Å²) >= 11 is 5.54. The zero-order valence-corrected chi connectivity index (χ0v) is 14.3. The maximum Gasteiger partial charge on any atom is 0.185 e. The van der Waals surface area contributed by atoms with E-state index in [0.717, 1.165) is 0 Å². The molecule has 0 radical (unpaired) electrons. The van der Waals surface area contributed by atoms with Crippen molar-refractivity contribution in [2.75, 3.05) is 20.1 Å². The summed E-state index contributed by atoms with van der Waals surface area (Å²) in [5, 5.41) is 37.1. The highest BCUT2D eigenvalue weighted by atomic mass is 35.5. The number of ether oxygens (including phenoxy) is 4. The molecule has 0 aromatic carbocycles. The van der Waals surface area contributed by atoms with Crippen molar-refractivity contribution in [3.8, 4) is 0 Å². The van der Waals surface area contributed by atoms with Gasteiger partial charge in [0.1, 0.15) is 12.2 Å². The van der Waals surface area contributed by atoms with E-state index in [2.05, 4.69) is 0 Å². The summed E-state index contributed by atoms with van der Waals surface area (Å²) in [6.07, 6.45) is -4.38. The second-order valence-corrected chi connectivity index (χ2v) is 5.96. The number of alkyl halides is 1. The molecule has 8 nitrogen and oxygen atoms in total. The van der Waals surface area contributed by atoms with Crippen molar-refractivity contribution in [1.29, 1.82) is 0 Å². The maximum absolute atomic E-state index is 9.31. The Morgan fingerprint density at radius 3 is 1.87 bits per heavy atom. The molecule has 2 saturated heterocycles. The van der Waals surface area contributed by atoms with Crippen molar-refractivity contribution >= 4 is 11.6 Å². The lowest BCUT2D eigenvalue weighted by molar-refractivity contribution is -0.254. The van der Waals surface area contributed by atoms with Crippen LogP contribution in [-0.2, 0) is 18.9 Å². The van der Waals surface area contributed by atoms with Crippen LogP contribution in [0.4, 0.5) is 0 Å². The number of aliphatic hydroxyl groups is 4. The average Bonchev–Trinajstić information content (AvgIpc) is 2.53. The van der Waals surface area contributed by atoms with E-state index in [1.165, 1.54) is 14.2 Å². The van der Waals surface area contributed by atoms with Crippen molar-refractivity contribution in [3.63, 3.8) is 0 Å². The molecule has 8 atom stereocenters. The molecule has 0 bridgehead atoms. The molecular weight excluding hydrogens is 332 g/mol. The molecule has 2 aliphatic heterocycles. The zero-order chi connectivity index (χ0) is 17.6. The van der Waals surface area contributed by atoms with Crippen LogP contribution in [0.5, 0.6) is 0 Å². The third-order valence-electron chi connectivity index (χ3n) is 3.75. The SMILES string of the molecule is CO[C@H]1OC(C)C[C@H](O)C1O.CO[C@H]1OC(CCl)C[C@H](O)C1O. The molecule has 138 valence electrons. The number of halogens is 1. The van der Waals surface area contributed by atoms with Crippen LogP contribution in [0.15, 0.2) is 0 Å². The Labute approximate surface area is 140 Å². The fraction of sp³-hybridized carbons (Fsp3) is 1.00. The molecule has 0 aromatic rings. The lowest BCUT2D eigenvalue weighted by Gasteiger charge is -2.35. The van der Waals surface area contributed by atoms with Crippen LogP contribution in [0.1, 0.15) is 19.8 Å². The van der Waals surface area contributed by atoms with Gasteiger partial charge >= 0.3 is 0 Å². The van der Waals surface area contributed by atoms with Gasteiger partial charge in [0.2, 0.25) is 0 Å². The number of rotatable bonds is 3. The van der Waals surface area contributed by atoms with Crippen LogP contribution in [0.25, 0.3) is 0 Å². The van der Waals surface area contributed by atoms with Gasteiger partial charge in [0.25, 0.3) is 0 Å². The molecule has 0 amide bonds. The minimum absolute atomic E-state index is 0.0571. The van der Waals surface area contributed by atoms with E-state index in [4.69, 9.17) is 30.5 Å². The quantitative estimate of drug-likeness (QED) is 0.484. The smallest absolute Gasteiger partial charge is 0.185 e. The minimum atomic E-state index is -0.977. The van der Waals surface area contributed by atoms with E-state index in [1.807, 2.05) is 6.92 Å². The van der Waals surface area contributed by atoms with Gasteiger partial charge in [-0.25, -0.2) is 0 Å². The fourth-order valence-corrected chi connectivity index (χ4v) is 2.63. The molecule has 9 heteroatoms. The molecule has 0 saturated carbocycles. The molecule has 4 unspecified atom stereocenters. The average molecular weight is 359 g/mol. The predicted molar refractivity (Wildman–Crippen MR) is 81.0 cm³/mol. The highest BCUT2D eigenvalue weighted by molar-refractivity contribution is 6.18. The molecule has 2 aliphatic rings. The van der Waals surface area contributed by atoms with Gasteiger partial charge < -0.3 is 39.4 Å². The van der Waals surface area contributed by atoms with Gasteiger partial charge in [-0.15, -0.1) is 11.6 Å². The van der Waals surface area contributed by atoms with Crippen LogP contribution in [-0.4, -0.2) is 89.7 Å². The third kappa shape index (κ3) is 6.08. The van der Waals surface area contributed by atoms with Gasteiger partial charge in [-0.2, -0.15) is 0 Å². The standard InChI is InChI=1S/C7H13ClO4.C7H14O4/c1-11-7-6(10)5(9)2-4(3-8)12-7;1-4-3-5(8)6(9)7(10-2)11-4/h4-7,9-10H,2-3H2,1H3;4-9H,3H2,1-2H3/t2*4?,5-,6?,7-/m00/s1. The number of aliphatic hydroxyl groups excluding tert-OH is 4. The first-order valence-corrected chi connectivity index (χ1v) is 8.02. The summed E-state index contributed by atoms with van der Waals surface area (Å²) < 4.78 is 20.0. The Morgan fingerprint density at radius 2 is 1.39 bits per heavy atom. The zero-order valence-electron chi connectivity index (χ0n) is 13.5. The van der Waals surface area contributed by atoms with Crippen molar-refractivity contribution < 1.29 is 39.4 Å². The van der Waals surface area contributed by atoms with Gasteiger partial charge in [-0.05, 0) is 6.92 Å². The van der Waals surface area contributed by atoms with E-state index >= 15 is 0 Å². The summed E-state index contributed by atoms with van der Waals surface area (Å²) in [6, 6.07) is 0. The molecule has 0 spiro atoms. The van der Waals surface area contributed by atoms with Gasteiger partial charge in [0.15, 0.2) is 12.6 Å². The van der Waals surface area contributed by atoms with E-state index in [9.17, 15) is 20.4 Å². The molecule has 0 aromatic heterocycles. The maximum atomic E-state index is 9.31. The molecular formula is C14H27ClO8. The number of hydrogen-bond donors (Lipinski definition) is 4. The summed E-state index contributed by atoms with van der Waals surface area (Å²) in [7, 11) is 2.86. The van der Waals surface area contributed by atoms with Gasteiger partial charge in [-0.1, -0.05) is 0 Å². The van der Waals surface area contributed by atoms with Gasteiger partial charge in [-0.3, -0.25) is 0 Å². The summed E-state index contributed by atoms with van der Waals surface area (Å²) in [6.45, 7) is 1.83. The van der Waals surface area contributed by atoms with Crippen molar-refractivity contribution in [1.82, 2.24) is 0 Å². The summed E-state index contributed by atoms with van der Waals surface area (Å²) in [5.74, 6) is 0.295. The normalized spacial score (nSPS) is 44.3. The molecule has 23 heavy (non-hydrogen) atoms. The van der Waals surface area contributed by atoms with Crippen LogP contribution in [0.2, 0.25) is 0 Å². The number of methoxy groups -OCH3 is 2. The van der Waals surface area contributed by atoms with E-state index < -0.39 is 37.0 Å². The minimum Gasteiger partial charge on any atom is -0.390 e. The Bertz CT molecular complexity index is 334. The first-order valence-electron chi connectivity index (χ1n) is 7.48. The van der Waals surface area contributed by atoms with Gasteiger partial charge in [0, 0.05) is 32.9 Å². The van der Waals surface area contributed by atoms with Crippen LogP contribution < -0.4 is 0 Å². The number of hydrogen-bond acceptors (Lipinski definition) is 8. The van der Waals surface area contributed by atoms with Gasteiger partial charge in [0.05, 0.1) is 24.4 Å². The van der Waals surface area contributed by atoms with Crippen molar-refractivity contribution in [2.24, 2.45) is 0 Å². The lowest BCUT2D eigenvalue weighted by Crippen LogP contribution is -2.49. The summed E-state index contributed by atoms with van der Waals surface area (Å²) in [5.41, 5.74) is 0. The Balaban J connectivity index is 0.000000231. The van der Waals surface area contributed by atoms with E-state index in [1.54, 1.807) is 0 Å². The largest absolute Gasteiger partial charge is 0.390 e. The topological polar surface area (TPSA) is 118 Å². The molecule has 0 aliphatic carbocycles. The monoisotopic (exact) mass is 358 g/mol. The molecule has 2 rings (SSSR count). The summed E-state index contributed by atoms with van der Waals surface area (Å²) in [4.78, 5) is 0. The molecule has 4 N–H and O–H groups in total. The Kier molecular flexibility index (Phi) is 9.20. The fourth-order valence-electron chi connectivity index (χ4n) is 2.43. The lowest BCUT2D eigenvalue weighted by atomic mass is 10.0. The third-order valence-corrected chi connectivity index (χ3v) is 4.10. The highest BCUT2D eigenvalue weighted by Gasteiger charge is 2.36. The highest BCUT2D eigenvalue weighted by Crippen LogP contribution is 2.21. The van der Waals surface area contributed by atoms with Crippen molar-refractivity contribution in [3.05, 3.63) is 0 Å². The van der Waals surface area contributed by atoms with Crippen LogP contribution in [0, 0.1) is 0 Å². The first kappa shape index (κ1) is 21.0. The van der Waals surface area contributed by atoms with Crippen molar-refractivity contribution in [2.45, 2.75) is 69.0 Å². The Morgan fingerprint density at radius 1 is 0.913 bits per heavy atom. The second-order valence-electron chi connectivity index (χ2n) is 5.65. The second kappa shape index (κ2) is 10.1.